The Bertz CT molecular complexity index is 688. The number of halogens is 3. The highest BCUT2D eigenvalue weighted by atomic mass is 19.4. The molecule has 1 aromatic carbocycles. The van der Waals surface area contributed by atoms with Crippen molar-refractivity contribution in [1.82, 2.24) is 4.90 Å². The number of benzene rings is 1. The number of aliphatic hydroxyl groups excluding tert-OH is 1. The second-order valence-electron chi connectivity index (χ2n) is 5.85. The fourth-order valence-corrected chi connectivity index (χ4v) is 2.91. The highest BCUT2D eigenvalue weighted by Gasteiger charge is 2.35. The van der Waals surface area contributed by atoms with Gasteiger partial charge in [-0.1, -0.05) is 0 Å². The van der Waals surface area contributed by atoms with Gasteiger partial charge in [0, 0.05) is 31.9 Å². The Morgan fingerprint density at radius 3 is 2.73 bits per heavy atom. The van der Waals surface area contributed by atoms with Gasteiger partial charge in [0.15, 0.2) is 0 Å². The first-order chi connectivity index (χ1) is 12.3. The number of piperazine rings is 1. The van der Waals surface area contributed by atoms with E-state index < -0.39 is 23.3 Å². The molecule has 1 amide bonds. The Balaban J connectivity index is 2.19. The van der Waals surface area contributed by atoms with Crippen LogP contribution in [0.5, 0.6) is 0 Å². The van der Waals surface area contributed by atoms with Gasteiger partial charge in [0.2, 0.25) is 5.91 Å². The molecule has 9 heteroatoms. The van der Waals surface area contributed by atoms with Crippen molar-refractivity contribution < 1.29 is 27.8 Å². The first-order valence-electron chi connectivity index (χ1n) is 8.16. The van der Waals surface area contributed by atoms with Crippen LogP contribution in [0.15, 0.2) is 18.2 Å². The van der Waals surface area contributed by atoms with Crippen molar-refractivity contribution in [3.63, 3.8) is 0 Å². The molecule has 26 heavy (non-hydrogen) atoms. The molecule has 0 saturated carbocycles. The number of amides is 1. The van der Waals surface area contributed by atoms with E-state index in [1.807, 2.05) is 0 Å². The normalized spacial score (nSPS) is 17.9. The quantitative estimate of drug-likeness (QED) is 0.851. The largest absolute Gasteiger partial charge is 0.417 e. The lowest BCUT2D eigenvalue weighted by molar-refractivity contribution is -0.139. The number of aliphatic hydroxyl groups is 1. The summed E-state index contributed by atoms with van der Waals surface area (Å²) < 4.78 is 44.5. The smallest absolute Gasteiger partial charge is 0.394 e. The Kier molecular flexibility index (Phi) is 6.45. The summed E-state index contributed by atoms with van der Waals surface area (Å²) in [5, 5.41) is 18.5. The van der Waals surface area contributed by atoms with Crippen LogP contribution in [0.4, 0.5) is 18.9 Å². The predicted molar refractivity (Wildman–Crippen MR) is 87.5 cm³/mol. The van der Waals surface area contributed by atoms with Crippen LogP contribution < -0.4 is 4.90 Å². The van der Waals surface area contributed by atoms with Crippen LogP contribution in [0, 0.1) is 11.3 Å². The van der Waals surface area contributed by atoms with Crippen LogP contribution in [-0.2, 0) is 15.7 Å². The molecule has 1 aliphatic heterocycles. The third kappa shape index (κ3) is 4.45. The van der Waals surface area contributed by atoms with Crippen molar-refractivity contribution in [3.8, 4) is 6.07 Å². The number of hydrogen-bond acceptors (Lipinski definition) is 5. The van der Waals surface area contributed by atoms with E-state index in [0.29, 0.717) is 18.8 Å². The van der Waals surface area contributed by atoms with E-state index in [1.165, 1.54) is 11.0 Å². The van der Waals surface area contributed by atoms with Crippen LogP contribution >= 0.6 is 0 Å². The molecule has 1 heterocycles. The van der Waals surface area contributed by atoms with E-state index in [-0.39, 0.29) is 32.2 Å². The molecule has 1 N–H and O–H groups in total. The first kappa shape index (κ1) is 20.0. The number of nitriles is 1. The molecule has 0 aromatic heterocycles. The standard InChI is InChI=1S/C17H20F3N3O3/c1-2-26-11-16(25)23-6-5-22(9-14(23)10-24)13-4-3-12(8-21)15(7-13)17(18,19)20/h3-4,7,14,24H,2,5-6,9-11H2,1H3. The summed E-state index contributed by atoms with van der Waals surface area (Å²) in [6.07, 6.45) is -4.63. The molecule has 0 spiro atoms. The number of hydrogen-bond donors (Lipinski definition) is 1. The zero-order valence-electron chi connectivity index (χ0n) is 14.3. The molecule has 1 saturated heterocycles. The second-order valence-corrected chi connectivity index (χ2v) is 5.85. The Morgan fingerprint density at radius 2 is 2.15 bits per heavy atom. The minimum absolute atomic E-state index is 0.0952. The number of alkyl halides is 3. The lowest BCUT2D eigenvalue weighted by Gasteiger charge is -2.41. The monoisotopic (exact) mass is 371 g/mol. The molecule has 142 valence electrons. The number of rotatable bonds is 5. The maximum Gasteiger partial charge on any atom is 0.417 e. The van der Waals surface area contributed by atoms with Crippen molar-refractivity contribution >= 4 is 11.6 Å². The minimum Gasteiger partial charge on any atom is -0.394 e. The summed E-state index contributed by atoms with van der Waals surface area (Å²) in [6, 6.07) is 4.53. The van der Waals surface area contributed by atoms with Gasteiger partial charge >= 0.3 is 6.18 Å². The molecule has 1 unspecified atom stereocenters. The van der Waals surface area contributed by atoms with E-state index >= 15 is 0 Å². The molecule has 0 aliphatic carbocycles. The molecule has 0 bridgehead atoms. The van der Waals surface area contributed by atoms with Crippen LogP contribution in [0.2, 0.25) is 0 Å². The van der Waals surface area contributed by atoms with Gasteiger partial charge in [-0.15, -0.1) is 0 Å². The van der Waals surface area contributed by atoms with Crippen molar-refractivity contribution in [2.75, 3.05) is 44.4 Å². The number of anilines is 1. The fourth-order valence-electron chi connectivity index (χ4n) is 2.91. The van der Waals surface area contributed by atoms with Crippen LogP contribution in [0.3, 0.4) is 0 Å². The van der Waals surface area contributed by atoms with E-state index in [9.17, 15) is 23.1 Å². The highest BCUT2D eigenvalue weighted by molar-refractivity contribution is 5.78. The zero-order valence-corrected chi connectivity index (χ0v) is 14.3. The van der Waals surface area contributed by atoms with Gasteiger partial charge in [0.1, 0.15) is 6.61 Å². The summed E-state index contributed by atoms with van der Waals surface area (Å²) in [4.78, 5) is 15.3. The molecule has 2 rings (SSSR count). The summed E-state index contributed by atoms with van der Waals surface area (Å²) in [7, 11) is 0. The van der Waals surface area contributed by atoms with Gasteiger partial charge in [0.25, 0.3) is 0 Å². The maximum atomic E-state index is 13.1. The van der Waals surface area contributed by atoms with Gasteiger partial charge in [-0.2, -0.15) is 18.4 Å². The van der Waals surface area contributed by atoms with Crippen molar-refractivity contribution in [2.45, 2.75) is 19.1 Å². The van der Waals surface area contributed by atoms with E-state index in [4.69, 9.17) is 10.00 Å². The topological polar surface area (TPSA) is 76.8 Å². The van der Waals surface area contributed by atoms with Crippen molar-refractivity contribution in [2.24, 2.45) is 0 Å². The number of carbonyl (C=O) groups excluding carboxylic acids is 1. The Morgan fingerprint density at radius 1 is 1.42 bits per heavy atom. The van der Waals surface area contributed by atoms with Crippen LogP contribution in [-0.4, -0.2) is 61.4 Å². The lowest BCUT2D eigenvalue weighted by Crippen LogP contribution is -2.57. The molecule has 1 aromatic rings. The first-order valence-corrected chi connectivity index (χ1v) is 8.16. The second kappa shape index (κ2) is 8.38. The molecule has 6 nitrogen and oxygen atoms in total. The Hall–Kier alpha value is -2.31. The molecule has 1 aliphatic rings. The third-order valence-corrected chi connectivity index (χ3v) is 4.24. The maximum absolute atomic E-state index is 13.1. The zero-order chi connectivity index (χ0) is 19.3. The minimum atomic E-state index is -4.63. The van der Waals surface area contributed by atoms with Crippen LogP contribution in [0.1, 0.15) is 18.1 Å². The highest BCUT2D eigenvalue weighted by Crippen LogP contribution is 2.34. The van der Waals surface area contributed by atoms with Crippen molar-refractivity contribution in [1.29, 1.82) is 5.26 Å². The number of carbonyl (C=O) groups is 1. The van der Waals surface area contributed by atoms with Gasteiger partial charge in [-0.3, -0.25) is 4.79 Å². The molecule has 1 fully saturated rings. The number of nitrogens with zero attached hydrogens (tertiary/aromatic N) is 3. The van der Waals surface area contributed by atoms with Gasteiger partial charge in [-0.05, 0) is 25.1 Å². The summed E-state index contributed by atoms with van der Waals surface area (Å²) in [5.41, 5.74) is -1.13. The SMILES string of the molecule is CCOCC(=O)N1CCN(c2ccc(C#N)c(C(F)(F)F)c2)CC1CO. The summed E-state index contributed by atoms with van der Waals surface area (Å²) in [5.74, 6) is -0.263. The Labute approximate surface area is 149 Å². The van der Waals surface area contributed by atoms with Crippen LogP contribution in [0.25, 0.3) is 0 Å². The summed E-state index contributed by atoms with van der Waals surface area (Å²) >= 11 is 0. The molecule has 0 radical (unpaired) electrons. The van der Waals surface area contributed by atoms with E-state index in [2.05, 4.69) is 0 Å². The van der Waals surface area contributed by atoms with Gasteiger partial charge < -0.3 is 19.6 Å². The average molecular weight is 371 g/mol. The average Bonchev–Trinajstić information content (AvgIpc) is 2.64. The van der Waals surface area contributed by atoms with Gasteiger partial charge in [0.05, 0.1) is 29.8 Å². The summed E-state index contributed by atoms with van der Waals surface area (Å²) in [6.45, 7) is 2.52. The van der Waals surface area contributed by atoms with Crippen molar-refractivity contribution in [3.05, 3.63) is 29.3 Å². The predicted octanol–water partition coefficient (Wildman–Crippen LogP) is 1.62. The number of ether oxygens (including phenoxy) is 1. The van der Waals surface area contributed by atoms with E-state index in [1.54, 1.807) is 17.9 Å². The third-order valence-electron chi connectivity index (χ3n) is 4.24. The van der Waals surface area contributed by atoms with Gasteiger partial charge in [-0.25, -0.2) is 0 Å². The van der Waals surface area contributed by atoms with E-state index in [0.717, 1.165) is 12.1 Å². The lowest BCUT2D eigenvalue weighted by atomic mass is 10.1. The molecular formula is C17H20F3N3O3. The molecular weight excluding hydrogens is 351 g/mol. The fraction of sp³-hybridized carbons (Fsp3) is 0.529. The molecule has 1 atom stereocenters.